The molecule has 4 heteroatoms. The number of nitrogens with two attached hydrogens (primary N) is 1. The number of nitrogens with zero attached hydrogens (tertiary/aromatic N) is 1. The van der Waals surface area contributed by atoms with E-state index < -0.39 is 0 Å². The van der Waals surface area contributed by atoms with E-state index in [-0.39, 0.29) is 6.04 Å². The minimum absolute atomic E-state index is 0.0209. The fraction of sp³-hybridized carbons (Fsp3) is 0.250. The van der Waals surface area contributed by atoms with Crippen LogP contribution in [0.4, 0.5) is 0 Å². The second-order valence-corrected chi connectivity index (χ2v) is 4.40. The maximum atomic E-state index is 6.14. The Labute approximate surface area is 98.2 Å². The molecular weight excluding hydrogens is 224 g/mol. The van der Waals surface area contributed by atoms with Crippen molar-refractivity contribution in [1.29, 1.82) is 0 Å². The molecular formula is C12H11ClN2O. The van der Waals surface area contributed by atoms with Crippen molar-refractivity contribution in [1.82, 2.24) is 5.16 Å². The van der Waals surface area contributed by atoms with Gasteiger partial charge in [0.25, 0.3) is 0 Å². The van der Waals surface area contributed by atoms with Gasteiger partial charge in [0, 0.05) is 23.6 Å². The molecule has 0 bridgehead atoms. The molecule has 1 aromatic heterocycles. The Morgan fingerprint density at radius 3 is 3.00 bits per heavy atom. The van der Waals surface area contributed by atoms with Gasteiger partial charge in [-0.15, -0.1) is 0 Å². The van der Waals surface area contributed by atoms with Crippen molar-refractivity contribution in [2.24, 2.45) is 5.73 Å². The molecule has 16 heavy (non-hydrogen) atoms. The Balaban J connectivity index is 2.19. The summed E-state index contributed by atoms with van der Waals surface area (Å²) >= 11 is 6.14. The molecule has 82 valence electrons. The second kappa shape index (κ2) is 3.61. The monoisotopic (exact) mass is 234 g/mol. The molecule has 3 nitrogen and oxygen atoms in total. The zero-order valence-electron chi connectivity index (χ0n) is 8.61. The van der Waals surface area contributed by atoms with Crippen LogP contribution in [-0.2, 0) is 6.42 Å². The number of benzene rings is 1. The second-order valence-electron chi connectivity index (χ2n) is 3.99. The number of hydrogen-bond acceptors (Lipinski definition) is 3. The smallest absolute Gasteiger partial charge is 0.142 e. The lowest BCUT2D eigenvalue weighted by Gasteiger charge is -2.05. The number of aryl methyl sites for hydroxylation is 1. The summed E-state index contributed by atoms with van der Waals surface area (Å²) < 4.78 is 5.30. The third kappa shape index (κ3) is 1.36. The van der Waals surface area contributed by atoms with Gasteiger partial charge < -0.3 is 10.3 Å². The molecule has 1 unspecified atom stereocenters. The van der Waals surface area contributed by atoms with Crippen LogP contribution in [-0.4, -0.2) is 5.16 Å². The maximum Gasteiger partial charge on any atom is 0.142 e. The van der Waals surface area contributed by atoms with Crippen LogP contribution in [0.3, 0.4) is 0 Å². The fourth-order valence-electron chi connectivity index (χ4n) is 2.17. The van der Waals surface area contributed by atoms with Crippen molar-refractivity contribution in [3.8, 4) is 11.3 Å². The summed E-state index contributed by atoms with van der Waals surface area (Å²) in [6, 6.07) is 7.63. The van der Waals surface area contributed by atoms with Crippen LogP contribution in [0, 0.1) is 0 Å². The molecule has 0 saturated carbocycles. The number of fused-ring (bicyclic) bond motifs is 1. The highest BCUT2D eigenvalue weighted by molar-refractivity contribution is 6.33. The third-order valence-corrected chi connectivity index (χ3v) is 3.31. The van der Waals surface area contributed by atoms with Gasteiger partial charge in [0.05, 0.1) is 5.02 Å². The van der Waals surface area contributed by atoms with Crippen molar-refractivity contribution >= 4 is 11.6 Å². The summed E-state index contributed by atoms with van der Waals surface area (Å²) in [6.45, 7) is 0. The van der Waals surface area contributed by atoms with E-state index in [1.807, 2.05) is 24.3 Å². The van der Waals surface area contributed by atoms with Gasteiger partial charge in [0.15, 0.2) is 0 Å². The first-order chi connectivity index (χ1) is 7.77. The van der Waals surface area contributed by atoms with Crippen molar-refractivity contribution in [3.05, 3.63) is 40.6 Å². The molecule has 0 fully saturated rings. The third-order valence-electron chi connectivity index (χ3n) is 2.98. The van der Waals surface area contributed by atoms with E-state index >= 15 is 0 Å². The summed E-state index contributed by atoms with van der Waals surface area (Å²) in [5.74, 6) is 0.905. The molecule has 0 amide bonds. The minimum Gasteiger partial charge on any atom is -0.360 e. The molecule has 0 saturated heterocycles. The molecule has 1 aliphatic carbocycles. The van der Waals surface area contributed by atoms with Crippen LogP contribution in [0.15, 0.2) is 28.8 Å². The zero-order chi connectivity index (χ0) is 11.1. The van der Waals surface area contributed by atoms with Crippen molar-refractivity contribution in [2.75, 3.05) is 0 Å². The number of hydrogen-bond donors (Lipinski definition) is 1. The zero-order valence-corrected chi connectivity index (χ0v) is 9.37. The summed E-state index contributed by atoms with van der Waals surface area (Å²) in [7, 11) is 0. The van der Waals surface area contributed by atoms with Gasteiger partial charge >= 0.3 is 0 Å². The Morgan fingerprint density at radius 2 is 2.19 bits per heavy atom. The van der Waals surface area contributed by atoms with E-state index in [4.69, 9.17) is 21.9 Å². The van der Waals surface area contributed by atoms with Crippen LogP contribution < -0.4 is 5.73 Å². The minimum atomic E-state index is 0.0209. The van der Waals surface area contributed by atoms with Gasteiger partial charge in [-0.3, -0.25) is 0 Å². The lowest BCUT2D eigenvalue weighted by Crippen LogP contribution is -2.06. The standard InChI is InChI=1S/C12H11ClN2O/c13-8-4-2-1-3-7(8)12-11-9(14)5-6-10(11)16-15-12/h1-4,9H,5-6,14H2. The predicted octanol–water partition coefficient (Wildman–Crippen LogP) is 2.94. The van der Waals surface area contributed by atoms with Crippen molar-refractivity contribution in [2.45, 2.75) is 18.9 Å². The largest absolute Gasteiger partial charge is 0.360 e. The van der Waals surface area contributed by atoms with Crippen molar-refractivity contribution < 1.29 is 4.52 Å². The average Bonchev–Trinajstić information content (AvgIpc) is 2.83. The molecule has 1 atom stereocenters. The normalized spacial score (nSPS) is 18.8. The van der Waals surface area contributed by atoms with Gasteiger partial charge in [-0.05, 0) is 12.5 Å². The number of halogens is 1. The van der Waals surface area contributed by atoms with Crippen molar-refractivity contribution in [3.63, 3.8) is 0 Å². The lowest BCUT2D eigenvalue weighted by atomic mass is 10.0. The molecule has 3 rings (SSSR count). The first-order valence-corrected chi connectivity index (χ1v) is 5.64. The number of rotatable bonds is 1. The Morgan fingerprint density at radius 1 is 1.38 bits per heavy atom. The van der Waals surface area contributed by atoms with Gasteiger partial charge in [-0.2, -0.15) is 0 Å². The van der Waals surface area contributed by atoms with E-state index in [9.17, 15) is 0 Å². The Bertz CT molecular complexity index is 536. The summed E-state index contributed by atoms with van der Waals surface area (Å²) in [5, 5.41) is 4.76. The highest BCUT2D eigenvalue weighted by atomic mass is 35.5. The predicted molar refractivity (Wildman–Crippen MR) is 62.2 cm³/mol. The highest BCUT2D eigenvalue weighted by Gasteiger charge is 2.29. The average molecular weight is 235 g/mol. The van der Waals surface area contributed by atoms with E-state index in [1.165, 1.54) is 0 Å². The van der Waals surface area contributed by atoms with Gasteiger partial charge in [-0.25, -0.2) is 0 Å². The van der Waals surface area contributed by atoms with Gasteiger partial charge in [0.2, 0.25) is 0 Å². The Kier molecular flexibility index (Phi) is 2.23. The fourth-order valence-corrected chi connectivity index (χ4v) is 2.40. The van der Waals surface area contributed by atoms with Crippen LogP contribution in [0.2, 0.25) is 5.02 Å². The molecule has 0 radical (unpaired) electrons. The summed E-state index contributed by atoms with van der Waals surface area (Å²) in [6.07, 6.45) is 1.79. The topological polar surface area (TPSA) is 52.0 Å². The van der Waals surface area contributed by atoms with E-state index in [0.29, 0.717) is 5.02 Å². The van der Waals surface area contributed by atoms with E-state index in [1.54, 1.807) is 0 Å². The molecule has 1 heterocycles. The summed E-state index contributed by atoms with van der Waals surface area (Å²) in [5.41, 5.74) is 8.75. The quantitative estimate of drug-likeness (QED) is 0.826. The molecule has 2 N–H and O–H groups in total. The summed E-state index contributed by atoms with van der Waals surface area (Å²) in [4.78, 5) is 0. The molecule has 2 aromatic rings. The molecule has 0 aliphatic heterocycles. The van der Waals surface area contributed by atoms with Gasteiger partial charge in [0.1, 0.15) is 11.5 Å². The van der Waals surface area contributed by atoms with Crippen LogP contribution in [0.5, 0.6) is 0 Å². The van der Waals surface area contributed by atoms with E-state index in [2.05, 4.69) is 5.16 Å². The molecule has 1 aromatic carbocycles. The lowest BCUT2D eigenvalue weighted by molar-refractivity contribution is 0.388. The van der Waals surface area contributed by atoms with Crippen LogP contribution in [0.25, 0.3) is 11.3 Å². The first kappa shape index (κ1) is 9.87. The highest BCUT2D eigenvalue weighted by Crippen LogP contribution is 2.39. The molecule has 1 aliphatic rings. The van der Waals surface area contributed by atoms with Gasteiger partial charge in [-0.1, -0.05) is 35.0 Å². The van der Waals surface area contributed by atoms with E-state index in [0.717, 1.165) is 35.4 Å². The maximum absolute atomic E-state index is 6.14. The number of aromatic nitrogens is 1. The van der Waals surface area contributed by atoms with Crippen LogP contribution >= 0.6 is 11.6 Å². The Hall–Kier alpha value is -1.32. The van der Waals surface area contributed by atoms with Crippen LogP contribution in [0.1, 0.15) is 23.8 Å². The first-order valence-electron chi connectivity index (χ1n) is 5.26. The molecule has 0 spiro atoms. The SMILES string of the molecule is NC1CCc2onc(-c3ccccc3Cl)c21.